The number of thiazole rings is 1. The normalized spacial score (nSPS) is 13.9. The zero-order valence-electron chi connectivity index (χ0n) is 24.9. The van der Waals surface area contributed by atoms with Gasteiger partial charge in [0, 0.05) is 44.0 Å². The van der Waals surface area contributed by atoms with E-state index in [0.29, 0.717) is 58.7 Å². The van der Waals surface area contributed by atoms with Crippen molar-refractivity contribution in [1.82, 2.24) is 23.8 Å². The second kappa shape index (κ2) is 12.6. The van der Waals surface area contributed by atoms with Gasteiger partial charge in [0.25, 0.3) is 11.1 Å². The molecule has 1 aliphatic heterocycles. The molecule has 0 unspecified atom stereocenters. The van der Waals surface area contributed by atoms with Crippen LogP contribution in [-0.2, 0) is 22.6 Å². The fraction of sp³-hybridized carbons (Fsp3) is 0.355. The average molecular weight is 619 g/mol. The topological polar surface area (TPSA) is 122 Å². The molecule has 2 aromatic carbocycles. The van der Waals surface area contributed by atoms with Crippen LogP contribution in [0.2, 0.25) is 0 Å². The number of amides is 1. The number of nitrogens with zero attached hydrogens (tertiary/aromatic N) is 5. The van der Waals surface area contributed by atoms with Crippen molar-refractivity contribution in [2.45, 2.75) is 26.4 Å². The van der Waals surface area contributed by atoms with Crippen LogP contribution in [0.1, 0.15) is 12.1 Å². The lowest BCUT2D eigenvalue weighted by atomic mass is 10.2. The van der Waals surface area contributed by atoms with Gasteiger partial charge < -0.3 is 24.1 Å². The van der Waals surface area contributed by atoms with Crippen LogP contribution < -0.4 is 25.9 Å². The van der Waals surface area contributed by atoms with Crippen molar-refractivity contribution >= 4 is 44.1 Å². The molecule has 0 bridgehead atoms. The lowest BCUT2D eigenvalue weighted by molar-refractivity contribution is -0.116. The minimum atomic E-state index is -0.421. The molecule has 0 spiro atoms. The number of methoxy groups -OCH3 is 2. The van der Waals surface area contributed by atoms with E-state index >= 15 is 0 Å². The van der Waals surface area contributed by atoms with Gasteiger partial charge in [-0.15, -0.1) is 0 Å². The van der Waals surface area contributed by atoms with Gasteiger partial charge >= 0.3 is 0 Å². The number of carbonyl (C=O) groups excluding carboxylic acids is 1. The van der Waals surface area contributed by atoms with Gasteiger partial charge in [0.05, 0.1) is 54.2 Å². The second-order valence-corrected chi connectivity index (χ2v) is 11.5. The van der Waals surface area contributed by atoms with E-state index in [0.717, 1.165) is 36.3 Å². The molecule has 0 aliphatic carbocycles. The van der Waals surface area contributed by atoms with Crippen LogP contribution in [0.4, 0.5) is 5.69 Å². The maximum absolute atomic E-state index is 14.2. The molecule has 1 aliphatic rings. The van der Waals surface area contributed by atoms with Crippen LogP contribution in [0.5, 0.6) is 11.5 Å². The van der Waals surface area contributed by atoms with Crippen LogP contribution in [0.3, 0.4) is 0 Å². The summed E-state index contributed by atoms with van der Waals surface area (Å²) in [4.78, 5) is 48.2. The molecule has 1 fully saturated rings. The highest BCUT2D eigenvalue weighted by atomic mass is 32.1. The molecule has 5 aromatic rings. The van der Waals surface area contributed by atoms with Gasteiger partial charge in [0.15, 0.2) is 0 Å². The summed E-state index contributed by atoms with van der Waals surface area (Å²) in [7, 11) is 3.05. The molecule has 1 N–H and O–H groups in total. The summed E-state index contributed by atoms with van der Waals surface area (Å²) in [5, 5.41) is 3.65. The zero-order chi connectivity index (χ0) is 30.8. The number of anilines is 1. The summed E-state index contributed by atoms with van der Waals surface area (Å²) < 4.78 is 21.7. The number of ether oxygens (including phenoxy) is 3. The van der Waals surface area contributed by atoms with E-state index in [1.54, 1.807) is 29.7 Å². The molecule has 12 nitrogen and oxygen atoms in total. The number of hydrogen-bond donors (Lipinski definition) is 1. The van der Waals surface area contributed by atoms with E-state index in [2.05, 4.69) is 10.2 Å². The van der Waals surface area contributed by atoms with Crippen molar-refractivity contribution in [2.24, 2.45) is 0 Å². The number of aryl methyl sites for hydroxylation is 1. The number of para-hydroxylation sites is 1. The minimum absolute atomic E-state index is 0.234. The van der Waals surface area contributed by atoms with Crippen molar-refractivity contribution in [1.29, 1.82) is 0 Å². The summed E-state index contributed by atoms with van der Waals surface area (Å²) in [6, 6.07) is 14.1. The molecule has 0 atom stereocenters. The third-order valence-corrected chi connectivity index (χ3v) is 8.88. The highest BCUT2D eigenvalue weighted by molar-refractivity contribution is 7.20. The Bertz CT molecular complexity index is 1920. The Morgan fingerprint density at radius 3 is 2.59 bits per heavy atom. The molecule has 4 heterocycles. The Kier molecular flexibility index (Phi) is 8.51. The molecule has 1 amide bonds. The number of benzene rings is 2. The Hall–Kier alpha value is -4.46. The number of fused-ring (bicyclic) bond motifs is 2. The molecule has 13 heteroatoms. The van der Waals surface area contributed by atoms with Crippen LogP contribution in [0, 0.1) is 6.92 Å². The van der Waals surface area contributed by atoms with E-state index in [4.69, 9.17) is 19.2 Å². The lowest BCUT2D eigenvalue weighted by Crippen LogP contribution is -2.37. The van der Waals surface area contributed by atoms with Gasteiger partial charge in [0.2, 0.25) is 11.0 Å². The van der Waals surface area contributed by atoms with Crippen molar-refractivity contribution in [3.8, 4) is 16.6 Å². The van der Waals surface area contributed by atoms with Crippen molar-refractivity contribution in [3.05, 3.63) is 74.9 Å². The Morgan fingerprint density at radius 1 is 1.05 bits per heavy atom. The maximum atomic E-state index is 14.2. The molecule has 230 valence electrons. The van der Waals surface area contributed by atoms with Crippen LogP contribution in [0.15, 0.2) is 58.1 Å². The molecule has 1 saturated heterocycles. The van der Waals surface area contributed by atoms with Gasteiger partial charge in [-0.25, -0.2) is 4.98 Å². The number of hydrogen-bond acceptors (Lipinski definition) is 9. The number of carbonyl (C=O) groups is 1. The van der Waals surface area contributed by atoms with Gasteiger partial charge in [-0.05, 0) is 37.6 Å². The Balaban J connectivity index is 1.41. The first kappa shape index (κ1) is 29.6. The van der Waals surface area contributed by atoms with Gasteiger partial charge in [-0.1, -0.05) is 23.5 Å². The highest BCUT2D eigenvalue weighted by Gasteiger charge is 2.24. The van der Waals surface area contributed by atoms with Gasteiger partial charge in [-0.2, -0.15) is 4.68 Å². The Labute approximate surface area is 257 Å². The minimum Gasteiger partial charge on any atom is -0.497 e. The second-order valence-electron chi connectivity index (χ2n) is 10.5. The number of nitrogens with one attached hydrogen (secondary N) is 1. The number of aromatic nitrogens is 4. The fourth-order valence-corrected chi connectivity index (χ4v) is 6.61. The predicted molar refractivity (Wildman–Crippen MR) is 170 cm³/mol. The summed E-state index contributed by atoms with van der Waals surface area (Å²) >= 11 is 1.34. The van der Waals surface area contributed by atoms with E-state index in [-0.39, 0.29) is 17.7 Å². The quantitative estimate of drug-likeness (QED) is 0.253. The van der Waals surface area contributed by atoms with Crippen molar-refractivity contribution in [2.75, 3.05) is 52.4 Å². The number of pyridine rings is 1. The summed E-state index contributed by atoms with van der Waals surface area (Å²) in [5.74, 6) is 0.579. The zero-order valence-corrected chi connectivity index (χ0v) is 25.7. The first-order chi connectivity index (χ1) is 21.4. The molecule has 0 saturated carbocycles. The molecular weight excluding hydrogens is 584 g/mol. The van der Waals surface area contributed by atoms with Gasteiger partial charge in [0.1, 0.15) is 18.0 Å². The van der Waals surface area contributed by atoms with E-state index in [1.807, 2.05) is 24.3 Å². The highest BCUT2D eigenvalue weighted by Crippen LogP contribution is 2.30. The molecule has 0 radical (unpaired) electrons. The van der Waals surface area contributed by atoms with Crippen molar-refractivity contribution in [3.63, 3.8) is 0 Å². The average Bonchev–Trinajstić information content (AvgIpc) is 3.57. The number of morpholine rings is 1. The van der Waals surface area contributed by atoms with E-state index in [9.17, 15) is 14.4 Å². The summed E-state index contributed by atoms with van der Waals surface area (Å²) in [6.07, 6.45) is 0.754. The first-order valence-corrected chi connectivity index (χ1v) is 15.2. The SMILES string of the molecule is COc1ccc(OC)c(NC(=O)Cn2c3cc(=O)n(CCCN4CCOCC4)c(C)c3c(=O)n2-c2nc3ccccc3s2)c1. The maximum Gasteiger partial charge on any atom is 0.283 e. The largest absolute Gasteiger partial charge is 0.497 e. The standard InChI is InChI=1S/C31H34N6O6S/c1-20-29-24(18-28(39)35(20)12-6-11-34-13-15-43-16-14-34)36(19-27(38)32-23-17-21(41-2)9-10-25(23)42-3)37(30(29)40)31-33-22-7-4-5-8-26(22)44-31/h4-5,7-10,17-18H,6,11-16,19H2,1-3H3,(H,32,38). The smallest absolute Gasteiger partial charge is 0.283 e. The first-order valence-electron chi connectivity index (χ1n) is 14.4. The predicted octanol–water partition coefficient (Wildman–Crippen LogP) is 3.25. The summed E-state index contributed by atoms with van der Waals surface area (Å²) in [5.41, 5.74) is 1.51. The van der Waals surface area contributed by atoms with Gasteiger partial charge in [-0.3, -0.25) is 24.0 Å². The summed E-state index contributed by atoms with van der Waals surface area (Å²) in [6.45, 7) is 5.99. The van der Waals surface area contributed by atoms with E-state index < -0.39 is 5.91 Å². The third-order valence-electron chi connectivity index (χ3n) is 7.87. The molecular formula is C31H34N6O6S. The monoisotopic (exact) mass is 618 g/mol. The molecule has 3 aromatic heterocycles. The van der Waals surface area contributed by atoms with Crippen LogP contribution >= 0.6 is 11.3 Å². The fourth-order valence-electron chi connectivity index (χ4n) is 5.63. The molecule has 44 heavy (non-hydrogen) atoms. The lowest BCUT2D eigenvalue weighted by Gasteiger charge is -2.26. The number of rotatable bonds is 10. The third kappa shape index (κ3) is 5.73. The van der Waals surface area contributed by atoms with Crippen LogP contribution in [-0.4, -0.2) is 76.8 Å². The van der Waals surface area contributed by atoms with Crippen LogP contribution in [0.25, 0.3) is 26.3 Å². The molecule has 6 rings (SSSR count). The Morgan fingerprint density at radius 2 is 1.84 bits per heavy atom. The van der Waals surface area contributed by atoms with E-state index in [1.165, 1.54) is 41.0 Å². The van der Waals surface area contributed by atoms with Crippen molar-refractivity contribution < 1.29 is 19.0 Å².